The Morgan fingerprint density at radius 3 is 2.89 bits per heavy atom. The van der Waals surface area contributed by atoms with Gasteiger partial charge in [-0.15, -0.1) is 0 Å². The molecule has 1 N–H and O–H groups in total. The minimum atomic E-state index is -0.303. The van der Waals surface area contributed by atoms with Crippen molar-refractivity contribution in [1.29, 1.82) is 0 Å². The van der Waals surface area contributed by atoms with Crippen LogP contribution >= 0.6 is 0 Å². The summed E-state index contributed by atoms with van der Waals surface area (Å²) in [5.41, 5.74) is 1.42. The molecule has 1 saturated heterocycles. The van der Waals surface area contributed by atoms with Crippen LogP contribution in [-0.2, 0) is 11.3 Å². The molecule has 4 heteroatoms. The predicted molar refractivity (Wildman–Crippen MR) is 69.2 cm³/mol. The van der Waals surface area contributed by atoms with Crippen LogP contribution in [0.4, 0.5) is 10.1 Å². The lowest BCUT2D eigenvalue weighted by Gasteiger charge is -2.26. The molecule has 1 atom stereocenters. The summed E-state index contributed by atoms with van der Waals surface area (Å²) in [6, 6.07) is 4.71. The molecule has 1 heterocycles. The van der Waals surface area contributed by atoms with E-state index < -0.39 is 0 Å². The SMILES string of the molecule is CCN(CC1CCCO1)c1cc(F)cc(CO)c1. The van der Waals surface area contributed by atoms with Crippen molar-refractivity contribution in [3.05, 3.63) is 29.6 Å². The molecule has 1 aromatic carbocycles. The third-order valence-electron chi connectivity index (χ3n) is 3.32. The number of hydrogen-bond donors (Lipinski definition) is 1. The quantitative estimate of drug-likeness (QED) is 0.874. The molecule has 0 amide bonds. The van der Waals surface area contributed by atoms with Gasteiger partial charge in [0, 0.05) is 25.4 Å². The van der Waals surface area contributed by atoms with Gasteiger partial charge in [0.2, 0.25) is 0 Å². The number of ether oxygens (including phenoxy) is 1. The Balaban J connectivity index is 2.12. The Hall–Kier alpha value is -1.13. The summed E-state index contributed by atoms with van der Waals surface area (Å²) in [4.78, 5) is 2.10. The fourth-order valence-corrected chi connectivity index (χ4v) is 2.36. The highest BCUT2D eigenvalue weighted by atomic mass is 19.1. The molecule has 0 bridgehead atoms. The van der Waals surface area contributed by atoms with Crippen LogP contribution in [0.2, 0.25) is 0 Å². The van der Waals surface area contributed by atoms with E-state index in [1.807, 2.05) is 13.0 Å². The molecule has 0 spiro atoms. The summed E-state index contributed by atoms with van der Waals surface area (Å²) in [6.45, 7) is 4.31. The Labute approximate surface area is 107 Å². The van der Waals surface area contributed by atoms with Gasteiger partial charge in [-0.05, 0) is 43.5 Å². The van der Waals surface area contributed by atoms with E-state index >= 15 is 0 Å². The van der Waals surface area contributed by atoms with E-state index in [-0.39, 0.29) is 18.5 Å². The Morgan fingerprint density at radius 2 is 2.28 bits per heavy atom. The smallest absolute Gasteiger partial charge is 0.125 e. The van der Waals surface area contributed by atoms with E-state index in [1.54, 1.807) is 0 Å². The summed E-state index contributed by atoms with van der Waals surface area (Å²) in [5, 5.41) is 9.12. The molecule has 3 nitrogen and oxygen atoms in total. The zero-order chi connectivity index (χ0) is 13.0. The largest absolute Gasteiger partial charge is 0.392 e. The molecule has 1 aliphatic rings. The van der Waals surface area contributed by atoms with Crippen molar-refractivity contribution in [3.63, 3.8) is 0 Å². The molecular formula is C14H20FNO2. The van der Waals surface area contributed by atoms with Gasteiger partial charge in [-0.1, -0.05) is 0 Å². The summed E-state index contributed by atoms with van der Waals surface area (Å²) < 4.78 is 19.1. The van der Waals surface area contributed by atoms with Crippen LogP contribution in [0.15, 0.2) is 18.2 Å². The maximum atomic E-state index is 13.5. The molecule has 1 fully saturated rings. The molecule has 2 rings (SSSR count). The van der Waals surface area contributed by atoms with Gasteiger partial charge >= 0.3 is 0 Å². The molecule has 0 radical (unpaired) electrons. The predicted octanol–water partition coefficient (Wildman–Crippen LogP) is 2.32. The van der Waals surface area contributed by atoms with Crippen LogP contribution in [0.5, 0.6) is 0 Å². The van der Waals surface area contributed by atoms with Gasteiger partial charge in [0.05, 0.1) is 12.7 Å². The second kappa shape index (κ2) is 6.16. The Morgan fingerprint density at radius 1 is 1.44 bits per heavy atom. The zero-order valence-corrected chi connectivity index (χ0v) is 10.7. The van der Waals surface area contributed by atoms with Crippen molar-refractivity contribution in [2.24, 2.45) is 0 Å². The molecule has 1 unspecified atom stereocenters. The van der Waals surface area contributed by atoms with Gasteiger partial charge in [-0.2, -0.15) is 0 Å². The van der Waals surface area contributed by atoms with Crippen LogP contribution in [-0.4, -0.2) is 30.9 Å². The lowest BCUT2D eigenvalue weighted by atomic mass is 10.1. The number of nitrogens with zero attached hydrogens (tertiary/aromatic N) is 1. The molecular weight excluding hydrogens is 233 g/mol. The van der Waals surface area contributed by atoms with Crippen molar-refractivity contribution in [2.45, 2.75) is 32.5 Å². The number of aliphatic hydroxyl groups excluding tert-OH is 1. The van der Waals surface area contributed by atoms with Crippen molar-refractivity contribution < 1.29 is 14.2 Å². The minimum Gasteiger partial charge on any atom is -0.392 e. The van der Waals surface area contributed by atoms with Crippen LogP contribution in [0.25, 0.3) is 0 Å². The fourth-order valence-electron chi connectivity index (χ4n) is 2.36. The topological polar surface area (TPSA) is 32.7 Å². The number of anilines is 1. The van der Waals surface area contributed by atoms with E-state index in [0.29, 0.717) is 5.56 Å². The highest BCUT2D eigenvalue weighted by Gasteiger charge is 2.19. The summed E-state index contributed by atoms with van der Waals surface area (Å²) in [6.07, 6.45) is 2.41. The highest BCUT2D eigenvalue weighted by Crippen LogP contribution is 2.21. The first-order valence-corrected chi connectivity index (χ1v) is 6.49. The van der Waals surface area contributed by atoms with Gasteiger partial charge in [-0.3, -0.25) is 0 Å². The van der Waals surface area contributed by atoms with Crippen LogP contribution < -0.4 is 4.90 Å². The van der Waals surface area contributed by atoms with E-state index in [9.17, 15) is 4.39 Å². The molecule has 0 saturated carbocycles. The van der Waals surface area contributed by atoms with E-state index in [0.717, 1.165) is 38.2 Å². The van der Waals surface area contributed by atoms with Crippen molar-refractivity contribution in [3.8, 4) is 0 Å². The molecule has 0 aromatic heterocycles. The number of hydrogen-bond acceptors (Lipinski definition) is 3. The van der Waals surface area contributed by atoms with Crippen LogP contribution in [0.1, 0.15) is 25.3 Å². The third-order valence-corrected chi connectivity index (χ3v) is 3.32. The molecule has 1 aliphatic heterocycles. The number of halogens is 1. The van der Waals surface area contributed by atoms with Gasteiger partial charge < -0.3 is 14.7 Å². The van der Waals surface area contributed by atoms with Gasteiger partial charge in [0.1, 0.15) is 5.82 Å². The molecule has 100 valence electrons. The third kappa shape index (κ3) is 3.21. The average molecular weight is 253 g/mol. The molecule has 1 aromatic rings. The molecule has 18 heavy (non-hydrogen) atoms. The Bertz CT molecular complexity index is 391. The standard InChI is InChI=1S/C14H20FNO2/c1-2-16(9-14-4-3-5-18-14)13-7-11(10-17)6-12(15)8-13/h6-8,14,17H,2-5,9-10H2,1H3. The second-order valence-electron chi connectivity index (χ2n) is 4.65. The minimum absolute atomic E-state index is 0.137. The summed E-state index contributed by atoms with van der Waals surface area (Å²) >= 11 is 0. The summed E-state index contributed by atoms with van der Waals surface area (Å²) in [5.74, 6) is -0.303. The second-order valence-corrected chi connectivity index (χ2v) is 4.65. The van der Waals surface area contributed by atoms with Gasteiger partial charge in [0.25, 0.3) is 0 Å². The maximum Gasteiger partial charge on any atom is 0.125 e. The fraction of sp³-hybridized carbons (Fsp3) is 0.571. The highest BCUT2D eigenvalue weighted by molar-refractivity contribution is 5.49. The van der Waals surface area contributed by atoms with Gasteiger partial charge in [-0.25, -0.2) is 4.39 Å². The maximum absolute atomic E-state index is 13.5. The number of rotatable bonds is 5. The monoisotopic (exact) mass is 253 g/mol. The summed E-state index contributed by atoms with van der Waals surface area (Å²) in [7, 11) is 0. The van der Waals surface area contributed by atoms with E-state index in [1.165, 1.54) is 12.1 Å². The Kier molecular flexibility index (Phi) is 4.55. The van der Waals surface area contributed by atoms with Crippen molar-refractivity contribution in [1.82, 2.24) is 0 Å². The average Bonchev–Trinajstić information content (AvgIpc) is 2.88. The number of aliphatic hydroxyl groups is 1. The van der Waals surface area contributed by atoms with Crippen LogP contribution in [0, 0.1) is 5.82 Å². The van der Waals surface area contributed by atoms with Crippen LogP contribution in [0.3, 0.4) is 0 Å². The van der Waals surface area contributed by atoms with E-state index in [2.05, 4.69) is 4.90 Å². The number of benzene rings is 1. The van der Waals surface area contributed by atoms with Crippen molar-refractivity contribution in [2.75, 3.05) is 24.6 Å². The first-order valence-electron chi connectivity index (χ1n) is 6.49. The molecule has 0 aliphatic carbocycles. The first kappa shape index (κ1) is 13.3. The first-order chi connectivity index (χ1) is 8.72. The van der Waals surface area contributed by atoms with Gasteiger partial charge in [0.15, 0.2) is 0 Å². The van der Waals surface area contributed by atoms with E-state index in [4.69, 9.17) is 9.84 Å². The number of likely N-dealkylation sites (N-methyl/N-ethyl adjacent to an activating group) is 1. The normalized spacial score (nSPS) is 19.2. The lowest BCUT2D eigenvalue weighted by molar-refractivity contribution is 0.115. The van der Waals surface area contributed by atoms with Crippen molar-refractivity contribution >= 4 is 5.69 Å². The lowest BCUT2D eigenvalue weighted by Crippen LogP contribution is -2.32. The zero-order valence-electron chi connectivity index (χ0n) is 10.7.